The molecule has 0 bridgehead atoms. The van der Waals surface area contributed by atoms with Crippen LogP contribution in [0.15, 0.2) is 22.6 Å². The molecular weight excluding hydrogens is 224 g/mol. The molecule has 17 heavy (non-hydrogen) atoms. The van der Waals surface area contributed by atoms with Gasteiger partial charge in [-0.2, -0.15) is 0 Å². The van der Waals surface area contributed by atoms with E-state index in [1.165, 1.54) is 13.0 Å². The number of furan rings is 1. The molecule has 0 spiro atoms. The molecule has 0 radical (unpaired) electrons. The minimum atomic E-state index is -1.11. The lowest BCUT2D eigenvalue weighted by Crippen LogP contribution is -2.03. The summed E-state index contributed by atoms with van der Waals surface area (Å²) in [6.07, 6.45) is 0. The van der Waals surface area contributed by atoms with E-state index in [-0.39, 0.29) is 17.1 Å². The van der Waals surface area contributed by atoms with Crippen LogP contribution in [0.5, 0.6) is 5.75 Å². The highest BCUT2D eigenvalue weighted by molar-refractivity contribution is 6.06. The van der Waals surface area contributed by atoms with Crippen LogP contribution < -0.4 is 4.74 Å². The Kier molecular flexibility index (Phi) is 2.59. The summed E-state index contributed by atoms with van der Waals surface area (Å²) in [5, 5.41) is 9.42. The van der Waals surface area contributed by atoms with Gasteiger partial charge in [0.05, 0.1) is 5.39 Å². The molecule has 1 N–H and O–H groups in total. The molecule has 2 aromatic rings. The number of aryl methyl sites for hydroxylation is 1. The third kappa shape index (κ3) is 1.87. The number of ether oxygens (including phenoxy) is 1. The first-order chi connectivity index (χ1) is 8.00. The Bertz CT molecular complexity index is 609. The Morgan fingerprint density at radius 1 is 1.35 bits per heavy atom. The minimum Gasteiger partial charge on any atom is -0.478 e. The van der Waals surface area contributed by atoms with Crippen LogP contribution >= 0.6 is 0 Å². The molecule has 2 rings (SSSR count). The lowest BCUT2D eigenvalue weighted by Gasteiger charge is -2.02. The van der Waals surface area contributed by atoms with Crippen molar-refractivity contribution in [2.24, 2.45) is 0 Å². The van der Waals surface area contributed by atoms with E-state index < -0.39 is 11.9 Å². The molecular formula is C12H10O5. The van der Waals surface area contributed by atoms with Crippen LogP contribution in [-0.4, -0.2) is 17.0 Å². The van der Waals surface area contributed by atoms with Gasteiger partial charge in [0.1, 0.15) is 22.7 Å². The highest BCUT2D eigenvalue weighted by atomic mass is 16.5. The Balaban J connectivity index is 2.76. The second-order valence-electron chi connectivity index (χ2n) is 3.56. The Morgan fingerprint density at radius 2 is 2.06 bits per heavy atom. The van der Waals surface area contributed by atoms with Crippen molar-refractivity contribution in [1.29, 1.82) is 0 Å². The van der Waals surface area contributed by atoms with E-state index in [0.717, 1.165) is 0 Å². The minimum absolute atomic E-state index is 0.0249. The van der Waals surface area contributed by atoms with Gasteiger partial charge in [0.2, 0.25) is 0 Å². The van der Waals surface area contributed by atoms with Gasteiger partial charge in [-0.15, -0.1) is 0 Å². The van der Waals surface area contributed by atoms with Gasteiger partial charge in [-0.3, -0.25) is 4.79 Å². The maximum atomic E-state index is 11.1. The second kappa shape index (κ2) is 3.93. The van der Waals surface area contributed by atoms with Crippen molar-refractivity contribution in [2.45, 2.75) is 13.8 Å². The van der Waals surface area contributed by atoms with E-state index >= 15 is 0 Å². The molecule has 1 aromatic heterocycles. The van der Waals surface area contributed by atoms with E-state index in [1.807, 2.05) is 0 Å². The monoisotopic (exact) mass is 234 g/mol. The third-order valence-electron chi connectivity index (χ3n) is 2.32. The van der Waals surface area contributed by atoms with Gasteiger partial charge >= 0.3 is 11.9 Å². The fourth-order valence-electron chi connectivity index (χ4n) is 1.73. The van der Waals surface area contributed by atoms with Gasteiger partial charge in [0, 0.05) is 6.92 Å². The number of aromatic carboxylic acids is 1. The van der Waals surface area contributed by atoms with Crippen LogP contribution in [0, 0.1) is 6.92 Å². The maximum Gasteiger partial charge on any atom is 0.340 e. The first kappa shape index (κ1) is 11.2. The number of rotatable bonds is 2. The fraction of sp³-hybridized carbons (Fsp3) is 0.167. The zero-order chi connectivity index (χ0) is 12.6. The zero-order valence-corrected chi connectivity index (χ0v) is 9.31. The average molecular weight is 234 g/mol. The van der Waals surface area contributed by atoms with E-state index in [2.05, 4.69) is 0 Å². The normalized spacial score (nSPS) is 10.5. The molecule has 1 heterocycles. The number of esters is 1. The van der Waals surface area contributed by atoms with Crippen LogP contribution in [0.1, 0.15) is 23.0 Å². The first-order valence-electron chi connectivity index (χ1n) is 4.94. The van der Waals surface area contributed by atoms with E-state index in [4.69, 9.17) is 14.3 Å². The van der Waals surface area contributed by atoms with Crippen molar-refractivity contribution in [3.8, 4) is 5.75 Å². The van der Waals surface area contributed by atoms with Crippen LogP contribution in [0.4, 0.5) is 0 Å². The number of benzene rings is 1. The molecule has 5 nitrogen and oxygen atoms in total. The summed E-state index contributed by atoms with van der Waals surface area (Å²) in [7, 11) is 0. The predicted octanol–water partition coefficient (Wildman–Crippen LogP) is 2.36. The maximum absolute atomic E-state index is 11.1. The predicted molar refractivity (Wildman–Crippen MR) is 59.2 cm³/mol. The van der Waals surface area contributed by atoms with Crippen LogP contribution in [0.25, 0.3) is 11.0 Å². The Labute approximate surface area is 96.6 Å². The lowest BCUT2D eigenvalue weighted by molar-refractivity contribution is -0.131. The molecule has 0 saturated heterocycles. The third-order valence-corrected chi connectivity index (χ3v) is 2.32. The Morgan fingerprint density at radius 3 is 2.65 bits per heavy atom. The van der Waals surface area contributed by atoms with E-state index in [0.29, 0.717) is 11.0 Å². The van der Waals surface area contributed by atoms with Crippen molar-refractivity contribution in [1.82, 2.24) is 0 Å². The lowest BCUT2D eigenvalue weighted by atomic mass is 10.1. The number of carbonyl (C=O) groups is 2. The number of carboxylic acid groups (broad SMARTS) is 1. The summed E-state index contributed by atoms with van der Waals surface area (Å²) < 4.78 is 10.3. The quantitative estimate of drug-likeness (QED) is 0.637. The number of fused-ring (bicyclic) bond motifs is 1. The molecule has 0 amide bonds. The van der Waals surface area contributed by atoms with Gasteiger partial charge in [-0.1, -0.05) is 6.07 Å². The molecule has 0 atom stereocenters. The number of hydrogen-bond acceptors (Lipinski definition) is 4. The summed E-state index contributed by atoms with van der Waals surface area (Å²) in [6.45, 7) is 2.81. The van der Waals surface area contributed by atoms with Crippen molar-refractivity contribution in [3.63, 3.8) is 0 Å². The van der Waals surface area contributed by atoms with Gasteiger partial charge < -0.3 is 14.3 Å². The SMILES string of the molecule is CC(=O)Oc1cccc2oc(C)c(C(=O)O)c12. The zero-order valence-electron chi connectivity index (χ0n) is 9.31. The highest BCUT2D eigenvalue weighted by Crippen LogP contribution is 2.33. The number of carbonyl (C=O) groups excluding carboxylic acids is 1. The molecule has 0 fully saturated rings. The second-order valence-corrected chi connectivity index (χ2v) is 3.56. The van der Waals surface area contributed by atoms with Gasteiger partial charge in [0.25, 0.3) is 0 Å². The van der Waals surface area contributed by atoms with Crippen molar-refractivity contribution >= 4 is 22.9 Å². The van der Waals surface area contributed by atoms with Crippen molar-refractivity contribution in [3.05, 3.63) is 29.5 Å². The molecule has 88 valence electrons. The van der Waals surface area contributed by atoms with E-state index in [9.17, 15) is 9.59 Å². The molecule has 1 aromatic carbocycles. The molecule has 5 heteroatoms. The molecule has 0 aliphatic heterocycles. The summed E-state index contributed by atoms with van der Waals surface area (Å²) in [5.74, 6) is -1.13. The summed E-state index contributed by atoms with van der Waals surface area (Å²) >= 11 is 0. The first-order valence-corrected chi connectivity index (χ1v) is 4.94. The number of hydrogen-bond donors (Lipinski definition) is 1. The van der Waals surface area contributed by atoms with Crippen LogP contribution in [-0.2, 0) is 4.79 Å². The smallest absolute Gasteiger partial charge is 0.340 e. The largest absolute Gasteiger partial charge is 0.478 e. The average Bonchev–Trinajstić information content (AvgIpc) is 2.54. The van der Waals surface area contributed by atoms with Crippen LogP contribution in [0.2, 0.25) is 0 Å². The van der Waals surface area contributed by atoms with Gasteiger partial charge in [0.15, 0.2) is 0 Å². The summed E-state index contributed by atoms with van der Waals surface area (Å²) in [4.78, 5) is 22.1. The standard InChI is InChI=1S/C12H10O5/c1-6-10(12(14)15)11-8(16-6)4-3-5-9(11)17-7(2)13/h3-5H,1-2H3,(H,14,15). The molecule has 0 unspecified atom stereocenters. The highest BCUT2D eigenvalue weighted by Gasteiger charge is 2.21. The summed E-state index contributed by atoms with van der Waals surface area (Å²) in [5.41, 5.74) is 0.413. The van der Waals surface area contributed by atoms with E-state index in [1.54, 1.807) is 19.1 Å². The van der Waals surface area contributed by atoms with Crippen molar-refractivity contribution in [2.75, 3.05) is 0 Å². The molecule has 0 saturated carbocycles. The van der Waals surface area contributed by atoms with Gasteiger partial charge in [-0.25, -0.2) is 4.79 Å². The van der Waals surface area contributed by atoms with Crippen LogP contribution in [0.3, 0.4) is 0 Å². The summed E-state index contributed by atoms with van der Waals surface area (Å²) in [6, 6.07) is 4.79. The Hall–Kier alpha value is -2.30. The fourth-order valence-corrected chi connectivity index (χ4v) is 1.73. The van der Waals surface area contributed by atoms with Gasteiger partial charge in [-0.05, 0) is 19.1 Å². The molecule has 0 aliphatic carbocycles. The number of carboxylic acids is 1. The van der Waals surface area contributed by atoms with Crippen molar-refractivity contribution < 1.29 is 23.8 Å². The molecule has 0 aliphatic rings. The topological polar surface area (TPSA) is 76.7 Å².